The Kier molecular flexibility index (Phi) is 9.74. The standard InChI is InChI=1S/C36H40F3N3O4/c1-35(2,3)27-14-16-30(17-15-27)42-31(23-10-12-24(13-11-23)33(45)40-19-18-32(43)44)22-46-34(42)41-29-9-5-7-26(21-29)25-6-4-8-28(20-25)36(37,38)39/h4-13,20-21,27,30-31H,14-19,22H2,1-3H3,(H,40,45)(H,43,44)/b41-34-. The highest BCUT2D eigenvalue weighted by Gasteiger charge is 2.41. The minimum Gasteiger partial charge on any atom is -0.481 e. The third-order valence-electron chi connectivity index (χ3n) is 9.02. The van der Waals surface area contributed by atoms with Crippen molar-refractivity contribution >= 4 is 23.6 Å². The molecule has 3 aromatic rings. The molecule has 2 fully saturated rings. The molecule has 1 aliphatic carbocycles. The Morgan fingerprint density at radius 2 is 1.59 bits per heavy atom. The molecule has 1 heterocycles. The van der Waals surface area contributed by atoms with Crippen molar-refractivity contribution in [2.24, 2.45) is 16.3 Å². The molecular formula is C36H40F3N3O4. The maximum Gasteiger partial charge on any atom is 0.416 e. The summed E-state index contributed by atoms with van der Waals surface area (Å²) >= 11 is 0. The number of nitrogens with zero attached hydrogens (tertiary/aromatic N) is 2. The Hall–Kier alpha value is -4.34. The van der Waals surface area contributed by atoms with Crippen LogP contribution in [0.4, 0.5) is 18.9 Å². The monoisotopic (exact) mass is 635 g/mol. The van der Waals surface area contributed by atoms with Crippen molar-refractivity contribution in [1.29, 1.82) is 0 Å². The first-order chi connectivity index (χ1) is 21.8. The average Bonchev–Trinajstić information content (AvgIpc) is 3.43. The van der Waals surface area contributed by atoms with Gasteiger partial charge in [-0.3, -0.25) is 9.59 Å². The summed E-state index contributed by atoms with van der Waals surface area (Å²) in [6, 6.07) is 20.1. The number of amides is 1. The molecule has 7 nitrogen and oxygen atoms in total. The fraction of sp³-hybridized carbons (Fsp3) is 0.417. The van der Waals surface area contributed by atoms with Crippen LogP contribution in [0.3, 0.4) is 0 Å². The Balaban J connectivity index is 1.42. The number of nitrogens with one attached hydrogen (secondary N) is 1. The number of hydrogen-bond donors (Lipinski definition) is 2. The first kappa shape index (κ1) is 33.0. The summed E-state index contributed by atoms with van der Waals surface area (Å²) < 4.78 is 46.4. The maximum atomic E-state index is 13.4. The number of alkyl halides is 3. The van der Waals surface area contributed by atoms with Crippen LogP contribution in [0.2, 0.25) is 0 Å². The number of hydrogen-bond acceptors (Lipinski definition) is 4. The molecule has 0 spiro atoms. The van der Waals surface area contributed by atoms with Gasteiger partial charge in [0.15, 0.2) is 0 Å². The second-order valence-corrected chi connectivity index (χ2v) is 13.2. The predicted molar refractivity (Wildman–Crippen MR) is 171 cm³/mol. The molecule has 46 heavy (non-hydrogen) atoms. The number of carbonyl (C=O) groups is 2. The van der Waals surface area contributed by atoms with Gasteiger partial charge in [0.25, 0.3) is 11.9 Å². The van der Waals surface area contributed by atoms with Gasteiger partial charge >= 0.3 is 12.1 Å². The number of carboxylic acids is 1. The highest BCUT2D eigenvalue weighted by molar-refractivity contribution is 5.94. The van der Waals surface area contributed by atoms with E-state index in [2.05, 4.69) is 31.0 Å². The van der Waals surface area contributed by atoms with Gasteiger partial charge in [-0.15, -0.1) is 0 Å². The van der Waals surface area contributed by atoms with Crippen molar-refractivity contribution in [2.45, 2.75) is 71.1 Å². The van der Waals surface area contributed by atoms with Crippen LogP contribution in [0.15, 0.2) is 77.8 Å². The highest BCUT2D eigenvalue weighted by Crippen LogP contribution is 2.42. The van der Waals surface area contributed by atoms with Gasteiger partial charge < -0.3 is 20.1 Å². The number of aliphatic imine (C=N–C) groups is 1. The van der Waals surface area contributed by atoms with Gasteiger partial charge in [0, 0.05) is 18.2 Å². The van der Waals surface area contributed by atoms with Crippen LogP contribution >= 0.6 is 0 Å². The van der Waals surface area contributed by atoms with Crippen LogP contribution in [-0.4, -0.2) is 47.1 Å². The quantitative estimate of drug-likeness (QED) is 0.260. The van der Waals surface area contributed by atoms with Crippen LogP contribution in [0.1, 0.15) is 80.4 Å². The summed E-state index contributed by atoms with van der Waals surface area (Å²) in [5, 5.41) is 11.5. The molecule has 1 saturated heterocycles. The minimum absolute atomic E-state index is 0.0478. The number of carbonyl (C=O) groups excluding carboxylic acids is 1. The smallest absolute Gasteiger partial charge is 0.416 e. The molecule has 5 rings (SSSR count). The molecule has 1 amide bonds. The van der Waals surface area contributed by atoms with Gasteiger partial charge in [-0.1, -0.05) is 57.2 Å². The first-order valence-electron chi connectivity index (χ1n) is 15.7. The number of amidine groups is 1. The average molecular weight is 636 g/mol. The number of halogens is 3. The summed E-state index contributed by atoms with van der Waals surface area (Å²) in [6.45, 7) is 7.25. The molecule has 1 unspecified atom stereocenters. The predicted octanol–water partition coefficient (Wildman–Crippen LogP) is 8.24. The first-order valence-corrected chi connectivity index (χ1v) is 15.7. The molecule has 10 heteroatoms. The van der Waals surface area contributed by atoms with Crippen LogP contribution in [0, 0.1) is 11.3 Å². The zero-order valence-corrected chi connectivity index (χ0v) is 26.3. The van der Waals surface area contributed by atoms with E-state index in [1.165, 1.54) is 6.07 Å². The van der Waals surface area contributed by atoms with Gasteiger partial charge in [0.05, 0.1) is 23.7 Å². The van der Waals surface area contributed by atoms with E-state index in [9.17, 15) is 22.8 Å². The molecule has 0 radical (unpaired) electrons. The van der Waals surface area contributed by atoms with E-state index in [0.29, 0.717) is 40.9 Å². The fourth-order valence-corrected chi connectivity index (χ4v) is 6.40. The largest absolute Gasteiger partial charge is 0.481 e. The van der Waals surface area contributed by atoms with Crippen molar-refractivity contribution < 1.29 is 32.6 Å². The molecule has 244 valence electrons. The lowest BCUT2D eigenvalue weighted by Crippen LogP contribution is -2.42. The van der Waals surface area contributed by atoms with Crippen LogP contribution in [-0.2, 0) is 15.7 Å². The number of rotatable bonds is 8. The van der Waals surface area contributed by atoms with E-state index >= 15 is 0 Å². The lowest BCUT2D eigenvalue weighted by Gasteiger charge is -2.41. The fourth-order valence-electron chi connectivity index (χ4n) is 6.40. The molecule has 2 aliphatic rings. The minimum atomic E-state index is -4.44. The van der Waals surface area contributed by atoms with Crippen molar-refractivity contribution in [1.82, 2.24) is 10.2 Å². The number of carboxylic acid groups (broad SMARTS) is 1. The summed E-state index contributed by atoms with van der Waals surface area (Å²) in [6.07, 6.45) is -0.503. The van der Waals surface area contributed by atoms with Gasteiger partial charge in [0.1, 0.15) is 6.61 Å². The second-order valence-electron chi connectivity index (χ2n) is 13.2. The topological polar surface area (TPSA) is 91.2 Å². The van der Waals surface area contributed by atoms with Crippen LogP contribution < -0.4 is 5.32 Å². The van der Waals surface area contributed by atoms with Gasteiger partial charge in [-0.05, 0) is 90.1 Å². The summed E-state index contributed by atoms with van der Waals surface area (Å²) in [4.78, 5) is 30.4. The summed E-state index contributed by atoms with van der Waals surface area (Å²) in [5.41, 5.74) is 2.56. The van der Waals surface area contributed by atoms with Gasteiger partial charge in [-0.25, -0.2) is 0 Å². The third-order valence-corrected chi connectivity index (χ3v) is 9.02. The molecule has 2 N–H and O–H groups in total. The molecular weight excluding hydrogens is 595 g/mol. The maximum absolute atomic E-state index is 13.4. The van der Waals surface area contributed by atoms with E-state index in [0.717, 1.165) is 43.4 Å². The molecule has 1 saturated carbocycles. The Morgan fingerprint density at radius 3 is 2.22 bits per heavy atom. The summed E-state index contributed by atoms with van der Waals surface area (Å²) in [7, 11) is 0. The van der Waals surface area contributed by atoms with Gasteiger partial charge in [-0.2, -0.15) is 18.2 Å². The zero-order valence-electron chi connectivity index (χ0n) is 26.3. The van der Waals surface area contributed by atoms with E-state index in [1.54, 1.807) is 36.4 Å². The van der Waals surface area contributed by atoms with Crippen molar-refractivity contribution in [3.63, 3.8) is 0 Å². The van der Waals surface area contributed by atoms with Crippen LogP contribution in [0.25, 0.3) is 11.1 Å². The second kappa shape index (κ2) is 13.6. The Bertz CT molecular complexity index is 1570. The summed E-state index contributed by atoms with van der Waals surface area (Å²) in [5.74, 6) is -0.710. The lowest BCUT2D eigenvalue weighted by molar-refractivity contribution is -0.138. The number of ether oxygens (including phenoxy) is 1. The van der Waals surface area contributed by atoms with Crippen molar-refractivity contribution in [2.75, 3.05) is 13.2 Å². The molecule has 0 aromatic heterocycles. The highest BCUT2D eigenvalue weighted by atomic mass is 19.4. The molecule has 1 atom stereocenters. The molecule has 1 aliphatic heterocycles. The normalized spacial score (nSPS) is 21.2. The van der Waals surface area contributed by atoms with E-state index < -0.39 is 17.7 Å². The lowest BCUT2D eigenvalue weighted by atomic mass is 9.71. The molecule has 0 bridgehead atoms. The van der Waals surface area contributed by atoms with Crippen LogP contribution in [0.5, 0.6) is 0 Å². The van der Waals surface area contributed by atoms with Crippen molar-refractivity contribution in [3.8, 4) is 11.1 Å². The van der Waals surface area contributed by atoms with Gasteiger partial charge in [0.2, 0.25) is 0 Å². The number of aliphatic carboxylic acids is 1. The molecule has 3 aromatic carbocycles. The van der Waals surface area contributed by atoms with E-state index in [1.807, 2.05) is 18.2 Å². The Labute approximate surface area is 267 Å². The SMILES string of the molecule is CC(C)(C)C1CCC(N2/C(=N/c3cccc(-c4cccc(C(F)(F)F)c4)c3)OCC2c2ccc(C(=O)NCCC(=O)O)cc2)CC1. The Morgan fingerprint density at radius 1 is 0.935 bits per heavy atom. The van der Waals surface area contributed by atoms with Crippen molar-refractivity contribution in [3.05, 3.63) is 89.5 Å². The number of benzene rings is 3. The van der Waals surface area contributed by atoms with E-state index in [4.69, 9.17) is 14.8 Å². The third kappa shape index (κ3) is 7.89. The van der Waals surface area contributed by atoms with E-state index in [-0.39, 0.29) is 36.4 Å². The zero-order chi connectivity index (χ0) is 33.1.